The molecule has 0 spiro atoms. The van der Waals surface area contributed by atoms with E-state index in [1.165, 1.54) is 0 Å². The molecule has 3 rings (SSSR count). The molecule has 3 nitrogen and oxygen atoms in total. The third-order valence-electron chi connectivity index (χ3n) is 3.46. The highest BCUT2D eigenvalue weighted by atomic mass is 15.2. The largest absolute Gasteiger partial charge is 0.329 e. The van der Waals surface area contributed by atoms with Gasteiger partial charge in [0.1, 0.15) is 5.82 Å². The molecule has 0 amide bonds. The summed E-state index contributed by atoms with van der Waals surface area (Å²) in [5.74, 6) is 0.929. The van der Waals surface area contributed by atoms with Crippen LogP contribution in [0.25, 0.3) is 10.9 Å². The molecule has 100 valence electrons. The molecule has 2 aromatic carbocycles. The van der Waals surface area contributed by atoms with Crippen LogP contribution in [0.2, 0.25) is 0 Å². The monoisotopic (exact) mass is 263 g/mol. The van der Waals surface area contributed by atoms with Crippen molar-refractivity contribution >= 4 is 22.4 Å². The highest BCUT2D eigenvalue weighted by Gasteiger charge is 2.06. The minimum Gasteiger partial charge on any atom is -0.329 e. The van der Waals surface area contributed by atoms with Crippen LogP contribution >= 0.6 is 0 Å². The molecule has 0 saturated heterocycles. The smallest absolute Gasteiger partial charge is 0.133 e. The second kappa shape index (κ2) is 5.31. The van der Waals surface area contributed by atoms with Gasteiger partial charge in [0.05, 0.1) is 5.52 Å². The van der Waals surface area contributed by atoms with E-state index in [2.05, 4.69) is 29.2 Å². The Hall–Kier alpha value is -2.39. The highest BCUT2D eigenvalue weighted by Crippen LogP contribution is 2.24. The number of nitrogens with two attached hydrogens (primary N) is 1. The van der Waals surface area contributed by atoms with Crippen LogP contribution in [0.4, 0.5) is 11.5 Å². The lowest BCUT2D eigenvalue weighted by Crippen LogP contribution is -2.11. The minimum atomic E-state index is 0.548. The number of hydrogen-bond acceptors (Lipinski definition) is 3. The predicted molar refractivity (Wildman–Crippen MR) is 84.1 cm³/mol. The number of nitrogens with zero attached hydrogens (tertiary/aromatic N) is 2. The Labute approximate surface area is 118 Å². The van der Waals surface area contributed by atoms with Crippen LogP contribution in [0.15, 0.2) is 60.7 Å². The van der Waals surface area contributed by atoms with Gasteiger partial charge in [0.15, 0.2) is 0 Å². The zero-order valence-corrected chi connectivity index (χ0v) is 11.5. The van der Waals surface area contributed by atoms with Crippen LogP contribution in [0.5, 0.6) is 0 Å². The number of benzene rings is 2. The van der Waals surface area contributed by atoms with Crippen molar-refractivity contribution in [3.05, 3.63) is 66.2 Å². The molecular formula is C17H17N3. The molecule has 0 aliphatic rings. The average molecular weight is 263 g/mol. The summed E-state index contributed by atoms with van der Waals surface area (Å²) in [4.78, 5) is 6.78. The first-order valence-electron chi connectivity index (χ1n) is 6.66. The van der Waals surface area contributed by atoms with Crippen LogP contribution in [0, 0.1) is 0 Å². The first-order valence-corrected chi connectivity index (χ1v) is 6.66. The molecule has 3 heteroatoms. The maximum atomic E-state index is 5.70. The Morgan fingerprint density at radius 1 is 1.00 bits per heavy atom. The van der Waals surface area contributed by atoms with Gasteiger partial charge in [-0.1, -0.05) is 30.3 Å². The van der Waals surface area contributed by atoms with Crippen molar-refractivity contribution in [2.24, 2.45) is 5.73 Å². The maximum Gasteiger partial charge on any atom is 0.133 e. The minimum absolute atomic E-state index is 0.548. The molecule has 20 heavy (non-hydrogen) atoms. The molecule has 0 saturated carbocycles. The van der Waals surface area contributed by atoms with Crippen molar-refractivity contribution in [1.29, 1.82) is 0 Å². The number of anilines is 2. The van der Waals surface area contributed by atoms with Gasteiger partial charge < -0.3 is 10.6 Å². The highest BCUT2D eigenvalue weighted by molar-refractivity contribution is 5.81. The Balaban J connectivity index is 2.00. The molecular weight excluding hydrogens is 246 g/mol. The van der Waals surface area contributed by atoms with Crippen molar-refractivity contribution in [2.45, 2.75) is 6.54 Å². The maximum absolute atomic E-state index is 5.70. The lowest BCUT2D eigenvalue weighted by Gasteiger charge is -2.19. The Kier molecular flexibility index (Phi) is 3.35. The molecule has 0 aliphatic heterocycles. The number of para-hydroxylation sites is 1. The quantitative estimate of drug-likeness (QED) is 0.787. The normalized spacial score (nSPS) is 10.7. The van der Waals surface area contributed by atoms with Crippen LogP contribution < -0.4 is 10.6 Å². The number of hydrogen-bond donors (Lipinski definition) is 1. The molecule has 2 N–H and O–H groups in total. The van der Waals surface area contributed by atoms with Gasteiger partial charge in [0.2, 0.25) is 0 Å². The number of aromatic nitrogens is 1. The summed E-state index contributed by atoms with van der Waals surface area (Å²) in [5.41, 5.74) is 8.92. The van der Waals surface area contributed by atoms with E-state index in [1.807, 2.05) is 43.4 Å². The standard InChI is InChI=1S/C17H17N3/c1-20(15-7-4-5-13(11-15)12-18)17-10-9-14-6-2-3-8-16(14)19-17/h2-11H,12,18H2,1H3. The van der Waals surface area contributed by atoms with Crippen molar-refractivity contribution in [2.75, 3.05) is 11.9 Å². The number of pyridine rings is 1. The molecule has 0 unspecified atom stereocenters. The van der Waals surface area contributed by atoms with E-state index in [1.54, 1.807) is 0 Å². The van der Waals surface area contributed by atoms with E-state index < -0.39 is 0 Å². The first-order chi connectivity index (χ1) is 9.78. The van der Waals surface area contributed by atoms with Crippen molar-refractivity contribution in [1.82, 2.24) is 4.98 Å². The molecule has 3 aromatic rings. The van der Waals surface area contributed by atoms with E-state index in [0.29, 0.717) is 6.54 Å². The van der Waals surface area contributed by atoms with Gasteiger partial charge in [-0.15, -0.1) is 0 Å². The zero-order chi connectivity index (χ0) is 13.9. The second-order valence-electron chi connectivity index (χ2n) is 4.80. The first kappa shape index (κ1) is 12.6. The van der Waals surface area contributed by atoms with Gasteiger partial charge in [-0.3, -0.25) is 0 Å². The zero-order valence-electron chi connectivity index (χ0n) is 11.5. The van der Waals surface area contributed by atoms with Gasteiger partial charge in [0, 0.05) is 24.7 Å². The Bertz CT molecular complexity index is 737. The molecule has 1 heterocycles. The third-order valence-corrected chi connectivity index (χ3v) is 3.46. The van der Waals surface area contributed by atoms with Crippen LogP contribution in [-0.2, 0) is 6.54 Å². The Morgan fingerprint density at radius 2 is 1.85 bits per heavy atom. The van der Waals surface area contributed by atoms with E-state index in [9.17, 15) is 0 Å². The molecule has 0 atom stereocenters. The summed E-state index contributed by atoms with van der Waals surface area (Å²) in [6.07, 6.45) is 0. The van der Waals surface area contributed by atoms with Crippen molar-refractivity contribution in [3.63, 3.8) is 0 Å². The molecule has 0 bridgehead atoms. The van der Waals surface area contributed by atoms with Gasteiger partial charge in [-0.25, -0.2) is 4.98 Å². The van der Waals surface area contributed by atoms with Crippen molar-refractivity contribution in [3.8, 4) is 0 Å². The van der Waals surface area contributed by atoms with E-state index in [4.69, 9.17) is 10.7 Å². The summed E-state index contributed by atoms with van der Waals surface area (Å²) in [7, 11) is 2.02. The van der Waals surface area contributed by atoms with Crippen LogP contribution in [-0.4, -0.2) is 12.0 Å². The Morgan fingerprint density at radius 3 is 2.70 bits per heavy atom. The summed E-state index contributed by atoms with van der Waals surface area (Å²) >= 11 is 0. The lowest BCUT2D eigenvalue weighted by atomic mass is 10.2. The van der Waals surface area contributed by atoms with E-state index in [-0.39, 0.29) is 0 Å². The third kappa shape index (κ3) is 2.36. The van der Waals surface area contributed by atoms with Crippen molar-refractivity contribution < 1.29 is 0 Å². The van der Waals surface area contributed by atoms with E-state index in [0.717, 1.165) is 28.0 Å². The second-order valence-corrected chi connectivity index (χ2v) is 4.80. The fourth-order valence-corrected chi connectivity index (χ4v) is 2.27. The molecule has 0 radical (unpaired) electrons. The topological polar surface area (TPSA) is 42.1 Å². The SMILES string of the molecule is CN(c1cccc(CN)c1)c1ccc2ccccc2n1. The van der Waals surface area contributed by atoms with E-state index >= 15 is 0 Å². The summed E-state index contributed by atoms with van der Waals surface area (Å²) in [6, 6.07) is 20.5. The predicted octanol–water partition coefficient (Wildman–Crippen LogP) is 3.46. The van der Waals surface area contributed by atoms with Gasteiger partial charge in [-0.2, -0.15) is 0 Å². The number of fused-ring (bicyclic) bond motifs is 1. The molecule has 0 fully saturated rings. The molecule has 1 aromatic heterocycles. The van der Waals surface area contributed by atoms with Crippen LogP contribution in [0.1, 0.15) is 5.56 Å². The number of rotatable bonds is 3. The van der Waals surface area contributed by atoms with Gasteiger partial charge in [0.25, 0.3) is 0 Å². The van der Waals surface area contributed by atoms with Crippen LogP contribution in [0.3, 0.4) is 0 Å². The summed E-state index contributed by atoms with van der Waals surface area (Å²) in [5, 5.41) is 1.15. The average Bonchev–Trinajstić information content (AvgIpc) is 2.53. The summed E-state index contributed by atoms with van der Waals surface area (Å²) < 4.78 is 0. The fraction of sp³-hybridized carbons (Fsp3) is 0.118. The lowest BCUT2D eigenvalue weighted by molar-refractivity contribution is 1.06. The summed E-state index contributed by atoms with van der Waals surface area (Å²) in [6.45, 7) is 0.548. The molecule has 0 aliphatic carbocycles. The van der Waals surface area contributed by atoms with Gasteiger partial charge in [-0.05, 0) is 35.9 Å². The van der Waals surface area contributed by atoms with Gasteiger partial charge >= 0.3 is 0 Å². The fourth-order valence-electron chi connectivity index (χ4n) is 2.27.